The topological polar surface area (TPSA) is 67.2 Å². The first-order valence-electron chi connectivity index (χ1n) is 6.76. The fourth-order valence-corrected chi connectivity index (χ4v) is 3.45. The van der Waals surface area contributed by atoms with E-state index in [4.69, 9.17) is 17.4 Å². The van der Waals surface area contributed by atoms with Crippen LogP contribution in [0.15, 0.2) is 41.3 Å². The van der Waals surface area contributed by atoms with Crippen molar-refractivity contribution in [2.75, 3.05) is 5.32 Å². The van der Waals surface area contributed by atoms with E-state index in [9.17, 15) is 4.79 Å². The number of hydrazine groups is 1. The Kier molecular flexibility index (Phi) is 5.71. The number of nitrogens with one attached hydrogen (secondary N) is 2. The molecule has 4 N–H and O–H groups in total. The van der Waals surface area contributed by atoms with Gasteiger partial charge in [-0.05, 0) is 37.1 Å². The molecule has 0 radical (unpaired) electrons. The second-order valence-electron chi connectivity index (χ2n) is 4.93. The van der Waals surface area contributed by atoms with Crippen molar-refractivity contribution < 1.29 is 4.79 Å². The number of rotatable bonds is 4. The Bertz CT molecular complexity index is 691. The molecule has 0 atom stereocenters. The first-order chi connectivity index (χ1) is 10.5. The molecule has 0 aliphatic rings. The number of benzene rings is 2. The van der Waals surface area contributed by atoms with Crippen LogP contribution in [0.1, 0.15) is 16.7 Å². The van der Waals surface area contributed by atoms with Crippen LogP contribution in [-0.4, -0.2) is 6.03 Å². The minimum absolute atomic E-state index is 0.476. The zero-order chi connectivity index (χ0) is 16.1. The summed E-state index contributed by atoms with van der Waals surface area (Å²) in [5.74, 6) is 5.88. The molecule has 4 nitrogen and oxygen atoms in total. The molecule has 2 amide bonds. The smallest absolute Gasteiger partial charge is 0.306 e. The van der Waals surface area contributed by atoms with Gasteiger partial charge >= 0.3 is 6.03 Å². The molecule has 116 valence electrons. The lowest BCUT2D eigenvalue weighted by molar-refractivity contribution is 0.252. The minimum Gasteiger partial charge on any atom is -0.306 e. The van der Waals surface area contributed by atoms with Crippen LogP contribution in [0.5, 0.6) is 0 Å². The normalized spacial score (nSPS) is 10.4. The summed E-state index contributed by atoms with van der Waals surface area (Å²) in [5.41, 5.74) is 6.40. The molecule has 0 aromatic heterocycles. The third-order valence-electron chi connectivity index (χ3n) is 3.22. The predicted octanol–water partition coefficient (Wildman–Crippen LogP) is 4.24. The molecular formula is C16H18ClN3OS. The minimum atomic E-state index is -0.476. The Morgan fingerprint density at radius 1 is 1.27 bits per heavy atom. The van der Waals surface area contributed by atoms with Gasteiger partial charge in [0.2, 0.25) is 0 Å². The molecule has 6 heteroatoms. The fourth-order valence-electron chi connectivity index (χ4n) is 2.02. The molecule has 0 aliphatic carbocycles. The van der Waals surface area contributed by atoms with Gasteiger partial charge in [-0.3, -0.25) is 5.43 Å². The zero-order valence-electron chi connectivity index (χ0n) is 12.4. The van der Waals surface area contributed by atoms with Crippen LogP contribution in [-0.2, 0) is 5.75 Å². The third kappa shape index (κ3) is 4.16. The number of nitrogens with two attached hydrogens (primary N) is 1. The molecule has 0 bridgehead atoms. The van der Waals surface area contributed by atoms with E-state index < -0.39 is 6.03 Å². The lowest BCUT2D eigenvalue weighted by Gasteiger charge is -2.13. The zero-order valence-corrected chi connectivity index (χ0v) is 14.0. The summed E-state index contributed by atoms with van der Waals surface area (Å²) in [6, 6.07) is 11.3. The van der Waals surface area contributed by atoms with Crippen LogP contribution >= 0.6 is 23.4 Å². The number of halogens is 1. The van der Waals surface area contributed by atoms with Crippen molar-refractivity contribution >= 4 is 35.1 Å². The van der Waals surface area contributed by atoms with Crippen molar-refractivity contribution in [1.82, 2.24) is 5.43 Å². The van der Waals surface area contributed by atoms with E-state index in [0.29, 0.717) is 10.7 Å². The summed E-state index contributed by atoms with van der Waals surface area (Å²) >= 11 is 7.86. The SMILES string of the molecule is Cc1ccc(C)c(CSc2c(Cl)cccc2NC(=O)NN)c1. The number of carbonyl (C=O) groups is 1. The first kappa shape index (κ1) is 16.7. The molecular weight excluding hydrogens is 318 g/mol. The lowest BCUT2D eigenvalue weighted by atomic mass is 10.1. The first-order valence-corrected chi connectivity index (χ1v) is 8.12. The van der Waals surface area contributed by atoms with E-state index in [0.717, 1.165) is 10.6 Å². The number of hydrogen-bond donors (Lipinski definition) is 3. The Morgan fingerprint density at radius 3 is 2.77 bits per heavy atom. The third-order valence-corrected chi connectivity index (χ3v) is 4.83. The van der Waals surface area contributed by atoms with E-state index in [1.165, 1.54) is 16.7 Å². The molecule has 0 heterocycles. The van der Waals surface area contributed by atoms with E-state index in [-0.39, 0.29) is 0 Å². The van der Waals surface area contributed by atoms with Crippen LogP contribution in [0.25, 0.3) is 0 Å². The van der Waals surface area contributed by atoms with Gasteiger partial charge in [0.1, 0.15) is 0 Å². The number of urea groups is 1. The average molecular weight is 336 g/mol. The summed E-state index contributed by atoms with van der Waals surface area (Å²) in [4.78, 5) is 12.2. The number of aryl methyl sites for hydroxylation is 2. The highest BCUT2D eigenvalue weighted by molar-refractivity contribution is 7.98. The molecule has 2 aromatic rings. The predicted molar refractivity (Wildman–Crippen MR) is 93.3 cm³/mol. The molecule has 0 fully saturated rings. The van der Waals surface area contributed by atoms with Crippen molar-refractivity contribution in [1.29, 1.82) is 0 Å². The lowest BCUT2D eigenvalue weighted by Crippen LogP contribution is -2.34. The summed E-state index contributed by atoms with van der Waals surface area (Å²) in [6.45, 7) is 4.16. The van der Waals surface area contributed by atoms with Gasteiger partial charge in [-0.1, -0.05) is 41.4 Å². The van der Waals surface area contributed by atoms with Crippen molar-refractivity contribution in [2.24, 2.45) is 5.84 Å². The van der Waals surface area contributed by atoms with Crippen LogP contribution in [0.4, 0.5) is 10.5 Å². The van der Waals surface area contributed by atoms with Crippen LogP contribution in [0.2, 0.25) is 5.02 Å². The van der Waals surface area contributed by atoms with Gasteiger partial charge in [0, 0.05) is 10.6 Å². The number of amides is 2. The van der Waals surface area contributed by atoms with Gasteiger partial charge in [-0.25, -0.2) is 10.6 Å². The van der Waals surface area contributed by atoms with E-state index in [1.54, 1.807) is 30.0 Å². The van der Waals surface area contributed by atoms with E-state index in [2.05, 4.69) is 37.4 Å². The monoisotopic (exact) mass is 335 g/mol. The molecule has 2 rings (SSSR count). The highest BCUT2D eigenvalue weighted by Gasteiger charge is 2.11. The van der Waals surface area contributed by atoms with Gasteiger partial charge in [-0.2, -0.15) is 0 Å². The maximum Gasteiger partial charge on any atom is 0.333 e. The van der Waals surface area contributed by atoms with Gasteiger partial charge in [0.05, 0.1) is 10.7 Å². The summed E-state index contributed by atoms with van der Waals surface area (Å²) in [6.07, 6.45) is 0. The fraction of sp³-hybridized carbons (Fsp3) is 0.188. The van der Waals surface area contributed by atoms with Crippen molar-refractivity contribution in [3.8, 4) is 0 Å². The van der Waals surface area contributed by atoms with Crippen LogP contribution in [0.3, 0.4) is 0 Å². The Balaban J connectivity index is 2.21. The number of hydrogen-bond acceptors (Lipinski definition) is 3. The molecule has 0 saturated heterocycles. The summed E-state index contributed by atoms with van der Waals surface area (Å²) < 4.78 is 0. The second-order valence-corrected chi connectivity index (χ2v) is 6.33. The number of anilines is 1. The second kappa shape index (κ2) is 7.54. The Hall–Kier alpha value is -1.69. The average Bonchev–Trinajstić information content (AvgIpc) is 2.49. The summed E-state index contributed by atoms with van der Waals surface area (Å²) in [5, 5.41) is 3.28. The van der Waals surface area contributed by atoms with Gasteiger partial charge in [-0.15, -0.1) is 11.8 Å². The van der Waals surface area contributed by atoms with Gasteiger partial charge in [0.25, 0.3) is 0 Å². The van der Waals surface area contributed by atoms with Crippen molar-refractivity contribution in [3.63, 3.8) is 0 Å². The highest BCUT2D eigenvalue weighted by Crippen LogP contribution is 2.36. The van der Waals surface area contributed by atoms with E-state index >= 15 is 0 Å². The molecule has 0 aliphatic heterocycles. The highest BCUT2D eigenvalue weighted by atomic mass is 35.5. The Labute approximate surface area is 139 Å². The van der Waals surface area contributed by atoms with Crippen molar-refractivity contribution in [2.45, 2.75) is 24.5 Å². The van der Waals surface area contributed by atoms with Gasteiger partial charge in [0.15, 0.2) is 0 Å². The molecule has 0 spiro atoms. The molecule has 2 aromatic carbocycles. The van der Waals surface area contributed by atoms with Crippen molar-refractivity contribution in [3.05, 3.63) is 58.1 Å². The van der Waals surface area contributed by atoms with Gasteiger partial charge < -0.3 is 5.32 Å². The summed E-state index contributed by atoms with van der Waals surface area (Å²) in [7, 11) is 0. The standard InChI is InChI=1S/C16H18ClN3OS/c1-10-6-7-11(2)12(8-10)9-22-15-13(17)4-3-5-14(15)19-16(21)20-18/h3-8H,9,18H2,1-2H3,(H2,19,20,21). The number of thioether (sulfide) groups is 1. The number of carbonyl (C=O) groups excluding carboxylic acids is 1. The van der Waals surface area contributed by atoms with Crippen LogP contribution < -0.4 is 16.6 Å². The maximum absolute atomic E-state index is 11.4. The largest absolute Gasteiger partial charge is 0.333 e. The Morgan fingerprint density at radius 2 is 2.05 bits per heavy atom. The maximum atomic E-state index is 11.4. The molecule has 0 unspecified atom stereocenters. The molecule has 0 saturated carbocycles. The van der Waals surface area contributed by atoms with Crippen LogP contribution in [0, 0.1) is 13.8 Å². The molecule has 22 heavy (non-hydrogen) atoms. The quantitative estimate of drug-likeness (QED) is 0.339. The van der Waals surface area contributed by atoms with E-state index in [1.807, 2.05) is 5.43 Å².